The van der Waals surface area contributed by atoms with Gasteiger partial charge in [0.1, 0.15) is 5.75 Å². The Kier molecular flexibility index (Phi) is 5.13. The average molecular weight is 312 g/mol. The van der Waals surface area contributed by atoms with Crippen LogP contribution in [0.25, 0.3) is 10.8 Å². The maximum Gasteiger partial charge on any atom is 0.415 e. The van der Waals surface area contributed by atoms with E-state index in [-0.39, 0.29) is 12.1 Å². The molecule has 0 spiro atoms. The van der Waals surface area contributed by atoms with Crippen molar-refractivity contribution >= 4 is 16.9 Å². The summed E-state index contributed by atoms with van der Waals surface area (Å²) in [5.41, 5.74) is 0. The summed E-state index contributed by atoms with van der Waals surface area (Å²) < 4.78 is 5.65. The Morgan fingerprint density at radius 2 is 2.09 bits per heavy atom. The minimum absolute atomic E-state index is 0.234. The average Bonchev–Trinajstić information content (AvgIpc) is 3.09. The second kappa shape index (κ2) is 7.47. The maximum atomic E-state index is 12.6. The lowest BCUT2D eigenvalue weighted by Crippen LogP contribution is -2.43. The molecule has 2 aromatic rings. The van der Waals surface area contributed by atoms with Crippen molar-refractivity contribution in [1.82, 2.24) is 10.2 Å². The second-order valence-electron chi connectivity index (χ2n) is 6.07. The highest BCUT2D eigenvalue weighted by molar-refractivity contribution is 5.84. The zero-order valence-electron chi connectivity index (χ0n) is 13.6. The second-order valence-corrected chi connectivity index (χ2v) is 6.07. The van der Waals surface area contributed by atoms with Gasteiger partial charge >= 0.3 is 6.09 Å². The summed E-state index contributed by atoms with van der Waals surface area (Å²) in [7, 11) is 0. The number of carbonyl (C=O) groups excluding carboxylic acids is 1. The molecule has 23 heavy (non-hydrogen) atoms. The summed E-state index contributed by atoms with van der Waals surface area (Å²) in [6, 6.07) is 14.1. The van der Waals surface area contributed by atoms with E-state index in [4.69, 9.17) is 4.74 Å². The predicted molar refractivity (Wildman–Crippen MR) is 92.9 cm³/mol. The summed E-state index contributed by atoms with van der Waals surface area (Å²) in [4.78, 5) is 14.5. The van der Waals surface area contributed by atoms with Crippen molar-refractivity contribution in [1.29, 1.82) is 0 Å². The van der Waals surface area contributed by atoms with Gasteiger partial charge in [-0.1, -0.05) is 43.7 Å². The van der Waals surface area contributed by atoms with Crippen LogP contribution in [0.4, 0.5) is 4.79 Å². The van der Waals surface area contributed by atoms with Gasteiger partial charge in [0.05, 0.1) is 0 Å². The first-order valence-corrected chi connectivity index (χ1v) is 8.46. The van der Waals surface area contributed by atoms with E-state index >= 15 is 0 Å². The molecule has 0 aliphatic carbocycles. The lowest BCUT2D eigenvalue weighted by molar-refractivity contribution is 0.134. The molecule has 0 radical (unpaired) electrons. The number of hydrogen-bond acceptors (Lipinski definition) is 3. The molecule has 4 nitrogen and oxygen atoms in total. The zero-order chi connectivity index (χ0) is 16.1. The largest absolute Gasteiger partial charge is 0.415 e. The molecule has 1 fully saturated rings. The van der Waals surface area contributed by atoms with E-state index in [2.05, 4.69) is 18.3 Å². The minimum Gasteiger partial charge on any atom is -0.410 e. The van der Waals surface area contributed by atoms with Gasteiger partial charge in [-0.3, -0.25) is 0 Å². The number of nitrogens with one attached hydrogen (secondary N) is 1. The molecule has 1 atom stereocenters. The number of benzene rings is 2. The Bertz CT molecular complexity index is 665. The molecule has 1 amide bonds. The number of fused-ring (bicyclic) bond motifs is 1. The van der Waals surface area contributed by atoms with E-state index in [9.17, 15) is 4.79 Å². The van der Waals surface area contributed by atoms with Crippen LogP contribution < -0.4 is 10.1 Å². The Labute approximate surface area is 137 Å². The quantitative estimate of drug-likeness (QED) is 0.913. The lowest BCUT2D eigenvalue weighted by Gasteiger charge is -2.27. The highest BCUT2D eigenvalue weighted by Gasteiger charge is 2.27. The fourth-order valence-electron chi connectivity index (χ4n) is 3.05. The van der Waals surface area contributed by atoms with Gasteiger partial charge in [0.25, 0.3) is 0 Å². The van der Waals surface area contributed by atoms with Crippen LogP contribution in [0.15, 0.2) is 42.5 Å². The summed E-state index contributed by atoms with van der Waals surface area (Å²) >= 11 is 0. The van der Waals surface area contributed by atoms with E-state index in [1.54, 1.807) is 0 Å². The normalized spacial score (nSPS) is 17.3. The summed E-state index contributed by atoms with van der Waals surface area (Å²) in [6.07, 6.45) is 2.84. The van der Waals surface area contributed by atoms with Gasteiger partial charge in [-0.25, -0.2) is 4.79 Å². The van der Waals surface area contributed by atoms with E-state index in [0.29, 0.717) is 5.75 Å². The predicted octanol–water partition coefficient (Wildman–Crippen LogP) is 3.80. The Balaban J connectivity index is 1.73. The van der Waals surface area contributed by atoms with Crippen LogP contribution in [0.2, 0.25) is 0 Å². The van der Waals surface area contributed by atoms with Crippen molar-refractivity contribution in [2.75, 3.05) is 19.6 Å². The van der Waals surface area contributed by atoms with Crippen molar-refractivity contribution in [2.24, 2.45) is 0 Å². The molecule has 1 unspecified atom stereocenters. The first kappa shape index (κ1) is 15.8. The zero-order valence-corrected chi connectivity index (χ0v) is 13.6. The van der Waals surface area contributed by atoms with Gasteiger partial charge < -0.3 is 15.0 Å². The van der Waals surface area contributed by atoms with Crippen molar-refractivity contribution in [3.8, 4) is 5.75 Å². The molecule has 1 saturated heterocycles. The van der Waals surface area contributed by atoms with E-state index in [1.165, 1.54) is 0 Å². The number of carbonyl (C=O) groups is 1. The molecule has 122 valence electrons. The SMILES string of the molecule is CCCCN(C(=O)Oc1ccc2ccccc2c1)C1CCNC1. The van der Waals surface area contributed by atoms with E-state index < -0.39 is 0 Å². The summed E-state index contributed by atoms with van der Waals surface area (Å²) in [5, 5.41) is 5.55. The van der Waals surface area contributed by atoms with Crippen LogP contribution in [0, 0.1) is 0 Å². The standard InChI is InChI=1S/C19H24N2O2/c1-2-3-12-21(17-10-11-20-14-17)19(22)23-18-9-8-15-6-4-5-7-16(15)13-18/h4-9,13,17,20H,2-3,10-12,14H2,1H3. The van der Waals surface area contributed by atoms with Crippen LogP contribution in [-0.2, 0) is 0 Å². The highest BCUT2D eigenvalue weighted by atomic mass is 16.6. The fourth-order valence-corrected chi connectivity index (χ4v) is 3.05. The van der Waals surface area contributed by atoms with Gasteiger partial charge in [0.15, 0.2) is 0 Å². The number of rotatable bonds is 5. The van der Waals surface area contributed by atoms with E-state index in [0.717, 1.165) is 49.7 Å². The highest BCUT2D eigenvalue weighted by Crippen LogP contribution is 2.22. The Morgan fingerprint density at radius 1 is 1.26 bits per heavy atom. The smallest absolute Gasteiger partial charge is 0.410 e. The number of hydrogen-bond donors (Lipinski definition) is 1. The summed E-state index contributed by atoms with van der Waals surface area (Å²) in [5.74, 6) is 0.612. The molecule has 1 N–H and O–H groups in total. The van der Waals surface area contributed by atoms with Gasteiger partial charge in [-0.05, 0) is 42.3 Å². The minimum atomic E-state index is -0.234. The molecule has 0 aromatic heterocycles. The first-order chi connectivity index (χ1) is 11.3. The number of nitrogens with zero attached hydrogens (tertiary/aromatic N) is 1. The maximum absolute atomic E-state index is 12.6. The molecule has 0 saturated carbocycles. The monoisotopic (exact) mass is 312 g/mol. The number of ether oxygens (including phenoxy) is 1. The molecule has 1 heterocycles. The third-order valence-electron chi connectivity index (χ3n) is 4.39. The van der Waals surface area contributed by atoms with Gasteiger partial charge in [0, 0.05) is 19.1 Å². The van der Waals surface area contributed by atoms with Crippen LogP contribution in [0.1, 0.15) is 26.2 Å². The van der Waals surface area contributed by atoms with Gasteiger partial charge in [-0.2, -0.15) is 0 Å². The molecular weight excluding hydrogens is 288 g/mol. The van der Waals surface area contributed by atoms with Crippen molar-refractivity contribution in [3.05, 3.63) is 42.5 Å². The topological polar surface area (TPSA) is 41.6 Å². The third-order valence-corrected chi connectivity index (χ3v) is 4.39. The van der Waals surface area contributed by atoms with Crippen LogP contribution in [0.3, 0.4) is 0 Å². The Morgan fingerprint density at radius 3 is 2.83 bits per heavy atom. The van der Waals surface area contributed by atoms with Gasteiger partial charge in [0.2, 0.25) is 0 Å². The van der Waals surface area contributed by atoms with Crippen LogP contribution >= 0.6 is 0 Å². The van der Waals surface area contributed by atoms with Gasteiger partial charge in [-0.15, -0.1) is 0 Å². The molecule has 1 aliphatic heterocycles. The van der Waals surface area contributed by atoms with E-state index in [1.807, 2.05) is 41.3 Å². The van der Waals surface area contributed by atoms with Crippen molar-refractivity contribution in [2.45, 2.75) is 32.2 Å². The van der Waals surface area contributed by atoms with Crippen molar-refractivity contribution in [3.63, 3.8) is 0 Å². The summed E-state index contributed by atoms with van der Waals surface area (Å²) in [6.45, 7) is 4.72. The van der Waals surface area contributed by atoms with Crippen LogP contribution in [0.5, 0.6) is 5.75 Å². The molecular formula is C19H24N2O2. The third kappa shape index (κ3) is 3.82. The molecule has 3 rings (SSSR count). The van der Waals surface area contributed by atoms with Crippen molar-refractivity contribution < 1.29 is 9.53 Å². The van der Waals surface area contributed by atoms with Crippen LogP contribution in [-0.4, -0.2) is 36.7 Å². The first-order valence-electron chi connectivity index (χ1n) is 8.46. The number of unbranched alkanes of at least 4 members (excludes halogenated alkanes) is 1. The number of amides is 1. The fraction of sp³-hybridized carbons (Fsp3) is 0.421. The lowest BCUT2D eigenvalue weighted by atomic mass is 10.1. The Hall–Kier alpha value is -2.07. The molecule has 1 aliphatic rings. The molecule has 2 aromatic carbocycles. The molecule has 4 heteroatoms. The molecule has 0 bridgehead atoms.